The number of piperazine rings is 1. The zero-order chi connectivity index (χ0) is 23.4. The maximum atomic E-state index is 13.8. The molecule has 0 spiro atoms. The van der Waals surface area contributed by atoms with Gasteiger partial charge in [0.25, 0.3) is 0 Å². The van der Waals surface area contributed by atoms with E-state index in [-0.39, 0.29) is 12.0 Å². The molecule has 2 aliphatic rings. The molecular formula is C24H28ClF2N5S. The summed E-state index contributed by atoms with van der Waals surface area (Å²) in [6.07, 6.45) is 5.46. The van der Waals surface area contributed by atoms with Gasteiger partial charge in [0.1, 0.15) is 17.8 Å². The van der Waals surface area contributed by atoms with Gasteiger partial charge in [-0.3, -0.25) is 9.80 Å². The van der Waals surface area contributed by atoms with E-state index in [1.165, 1.54) is 24.1 Å². The first-order chi connectivity index (χ1) is 15.9. The fourth-order valence-corrected chi connectivity index (χ4v) is 4.85. The van der Waals surface area contributed by atoms with Crippen molar-refractivity contribution in [2.75, 3.05) is 37.4 Å². The summed E-state index contributed by atoms with van der Waals surface area (Å²) in [4.78, 5) is 9.15. The minimum atomic E-state index is -0.798. The Kier molecular flexibility index (Phi) is 7.90. The summed E-state index contributed by atoms with van der Waals surface area (Å²) < 4.78 is 30.3. The summed E-state index contributed by atoms with van der Waals surface area (Å²) in [7, 11) is 0. The number of allylic oxidation sites excluding steroid dienone is 2. The van der Waals surface area contributed by atoms with Gasteiger partial charge >= 0.3 is 0 Å². The van der Waals surface area contributed by atoms with E-state index in [9.17, 15) is 8.78 Å². The van der Waals surface area contributed by atoms with Gasteiger partial charge in [0.05, 0.1) is 21.9 Å². The third-order valence-electron chi connectivity index (χ3n) is 5.71. The number of hydrogen-bond donors (Lipinski definition) is 2. The zero-order valence-electron chi connectivity index (χ0n) is 18.7. The fourth-order valence-electron chi connectivity index (χ4n) is 3.99. The van der Waals surface area contributed by atoms with Crippen molar-refractivity contribution in [3.05, 3.63) is 70.0 Å². The standard InChI is InChI=1S/C24H28ClF2N5S/c1-16-6-7-18(27)14-19(16)24-20(25)8-9-21(28-24)30-33-23-5-3-4-22(29-23)32-12-10-31(11-13-32)15-17(2)26/h3-9,14,17,22,29H,10-13,15H2,1-2H3,(H,28,30). The quantitative estimate of drug-likeness (QED) is 0.518. The zero-order valence-corrected chi connectivity index (χ0v) is 20.3. The summed E-state index contributed by atoms with van der Waals surface area (Å²) in [5.41, 5.74) is 2.12. The molecule has 9 heteroatoms. The third kappa shape index (κ3) is 6.26. The third-order valence-corrected chi connectivity index (χ3v) is 6.80. The van der Waals surface area contributed by atoms with E-state index >= 15 is 0 Å². The van der Waals surface area contributed by atoms with Crippen molar-refractivity contribution in [1.29, 1.82) is 0 Å². The number of nitrogens with zero attached hydrogens (tertiary/aromatic N) is 3. The van der Waals surface area contributed by atoms with Gasteiger partial charge in [0.2, 0.25) is 0 Å². The van der Waals surface area contributed by atoms with E-state index in [0.717, 1.165) is 36.8 Å². The lowest BCUT2D eigenvalue weighted by atomic mass is 10.0. The highest BCUT2D eigenvalue weighted by atomic mass is 35.5. The number of dihydropyridines is 1. The number of rotatable bonds is 7. The van der Waals surface area contributed by atoms with E-state index < -0.39 is 6.17 Å². The maximum absolute atomic E-state index is 13.8. The average molecular weight is 492 g/mol. The predicted octanol–water partition coefficient (Wildman–Crippen LogP) is 5.21. The van der Waals surface area contributed by atoms with Crippen molar-refractivity contribution in [3.63, 3.8) is 0 Å². The summed E-state index contributed by atoms with van der Waals surface area (Å²) >= 11 is 7.79. The lowest BCUT2D eigenvalue weighted by molar-refractivity contribution is 0.0884. The number of anilines is 1. The van der Waals surface area contributed by atoms with E-state index in [4.69, 9.17) is 11.6 Å². The largest absolute Gasteiger partial charge is 0.360 e. The topological polar surface area (TPSA) is 43.4 Å². The molecule has 2 N–H and O–H groups in total. The molecule has 0 saturated carbocycles. The highest BCUT2D eigenvalue weighted by molar-refractivity contribution is 8.04. The first kappa shape index (κ1) is 24.0. The van der Waals surface area contributed by atoms with Crippen LogP contribution in [0.3, 0.4) is 0 Å². The summed E-state index contributed by atoms with van der Waals surface area (Å²) in [6, 6.07) is 8.17. The SMILES string of the molecule is Cc1ccc(F)cc1-c1nc(NSC2=CC=CC(N3CCN(CC(C)F)CC3)N2)ccc1Cl. The number of alkyl halides is 1. The van der Waals surface area contributed by atoms with Gasteiger partial charge in [-0.2, -0.15) is 0 Å². The van der Waals surface area contributed by atoms with Gasteiger partial charge < -0.3 is 10.0 Å². The van der Waals surface area contributed by atoms with Crippen LogP contribution in [-0.2, 0) is 0 Å². The molecule has 176 valence electrons. The Hall–Kier alpha value is -2.13. The van der Waals surface area contributed by atoms with E-state index in [0.29, 0.717) is 28.6 Å². The van der Waals surface area contributed by atoms with E-state index in [2.05, 4.69) is 30.9 Å². The highest BCUT2D eigenvalue weighted by Gasteiger charge is 2.24. The molecule has 0 radical (unpaired) electrons. The molecule has 2 unspecified atom stereocenters. The molecule has 1 aromatic heterocycles. The first-order valence-electron chi connectivity index (χ1n) is 11.0. The van der Waals surface area contributed by atoms with Crippen molar-refractivity contribution in [1.82, 2.24) is 20.1 Å². The fraction of sp³-hybridized carbons (Fsp3) is 0.375. The molecule has 4 rings (SSSR count). The van der Waals surface area contributed by atoms with Crippen LogP contribution in [0.2, 0.25) is 5.02 Å². The molecule has 1 aromatic carbocycles. The van der Waals surface area contributed by atoms with Crippen molar-refractivity contribution in [3.8, 4) is 11.3 Å². The van der Waals surface area contributed by atoms with Gasteiger partial charge in [0.15, 0.2) is 0 Å². The Bertz CT molecular complexity index is 1040. The Morgan fingerprint density at radius 2 is 2.03 bits per heavy atom. The number of hydrogen-bond acceptors (Lipinski definition) is 6. The van der Waals surface area contributed by atoms with Crippen LogP contribution in [0.1, 0.15) is 12.5 Å². The summed E-state index contributed by atoms with van der Waals surface area (Å²) in [5.74, 6) is 0.307. The van der Waals surface area contributed by atoms with Crippen LogP contribution in [0.5, 0.6) is 0 Å². The molecule has 33 heavy (non-hydrogen) atoms. The molecular weight excluding hydrogens is 464 g/mol. The lowest BCUT2D eigenvalue weighted by Gasteiger charge is -2.39. The number of aromatic nitrogens is 1. The average Bonchev–Trinajstić information content (AvgIpc) is 2.80. The van der Waals surface area contributed by atoms with Crippen LogP contribution in [-0.4, -0.2) is 59.8 Å². The molecule has 1 saturated heterocycles. The van der Waals surface area contributed by atoms with Crippen LogP contribution < -0.4 is 10.0 Å². The van der Waals surface area contributed by atoms with E-state index in [1.54, 1.807) is 25.1 Å². The van der Waals surface area contributed by atoms with Crippen molar-refractivity contribution in [2.24, 2.45) is 0 Å². The highest BCUT2D eigenvalue weighted by Crippen LogP contribution is 2.31. The molecule has 2 aliphatic heterocycles. The van der Waals surface area contributed by atoms with Crippen LogP contribution >= 0.6 is 23.5 Å². The predicted molar refractivity (Wildman–Crippen MR) is 133 cm³/mol. The van der Waals surface area contributed by atoms with Gasteiger partial charge in [-0.15, -0.1) is 0 Å². The Morgan fingerprint density at radius 3 is 2.79 bits per heavy atom. The second-order valence-electron chi connectivity index (χ2n) is 8.31. The van der Waals surface area contributed by atoms with E-state index in [1.807, 2.05) is 19.1 Å². The second kappa shape index (κ2) is 10.9. The van der Waals surface area contributed by atoms with Crippen LogP contribution in [0, 0.1) is 12.7 Å². The van der Waals surface area contributed by atoms with Crippen LogP contribution in [0.4, 0.5) is 14.6 Å². The molecule has 5 nitrogen and oxygen atoms in total. The smallest absolute Gasteiger partial charge is 0.136 e. The number of pyridine rings is 1. The minimum absolute atomic E-state index is 0.0907. The minimum Gasteiger partial charge on any atom is -0.360 e. The Morgan fingerprint density at radius 1 is 1.24 bits per heavy atom. The lowest BCUT2D eigenvalue weighted by Crippen LogP contribution is -2.54. The summed E-state index contributed by atoms with van der Waals surface area (Å²) in [5, 5.41) is 4.96. The van der Waals surface area contributed by atoms with Gasteiger partial charge in [-0.05, 0) is 55.8 Å². The maximum Gasteiger partial charge on any atom is 0.136 e. The number of nitrogens with one attached hydrogen (secondary N) is 2. The van der Waals surface area contributed by atoms with Crippen molar-refractivity contribution < 1.29 is 8.78 Å². The van der Waals surface area contributed by atoms with Crippen molar-refractivity contribution in [2.45, 2.75) is 26.2 Å². The Balaban J connectivity index is 1.36. The number of aryl methyl sites for hydroxylation is 1. The normalized spacial score (nSPS) is 20.3. The van der Waals surface area contributed by atoms with Crippen molar-refractivity contribution >= 4 is 29.4 Å². The van der Waals surface area contributed by atoms with Gasteiger partial charge in [0, 0.05) is 50.2 Å². The second-order valence-corrected chi connectivity index (χ2v) is 9.57. The molecule has 0 bridgehead atoms. The monoisotopic (exact) mass is 491 g/mol. The molecule has 2 aromatic rings. The van der Waals surface area contributed by atoms with Crippen LogP contribution in [0.15, 0.2) is 53.6 Å². The molecule has 1 fully saturated rings. The first-order valence-corrected chi connectivity index (χ1v) is 12.2. The molecule has 0 aliphatic carbocycles. The van der Waals surface area contributed by atoms with Gasteiger partial charge in [-0.25, -0.2) is 13.8 Å². The number of benzene rings is 1. The van der Waals surface area contributed by atoms with Crippen LogP contribution in [0.25, 0.3) is 11.3 Å². The summed E-state index contributed by atoms with van der Waals surface area (Å²) in [6.45, 7) is 7.51. The molecule has 0 amide bonds. The molecule has 2 atom stereocenters. The number of halogens is 3. The Labute approximate surface area is 203 Å². The van der Waals surface area contributed by atoms with Gasteiger partial charge in [-0.1, -0.05) is 23.7 Å². The molecule has 3 heterocycles.